The molecule has 0 spiro atoms. The molecule has 0 radical (unpaired) electrons. The van der Waals surface area contributed by atoms with E-state index < -0.39 is 0 Å². The highest BCUT2D eigenvalue weighted by Crippen LogP contribution is 2.33. The van der Waals surface area contributed by atoms with Crippen molar-refractivity contribution < 1.29 is 14.3 Å². The normalized spacial score (nSPS) is 18.2. The summed E-state index contributed by atoms with van der Waals surface area (Å²) in [6.45, 7) is 1.84. The summed E-state index contributed by atoms with van der Waals surface area (Å²) in [7, 11) is 0. The minimum atomic E-state index is 0.248. The number of benzene rings is 1. The summed E-state index contributed by atoms with van der Waals surface area (Å²) in [6, 6.07) is 5.84. The summed E-state index contributed by atoms with van der Waals surface area (Å²) in [6.07, 6.45) is 1.66. The lowest BCUT2D eigenvalue weighted by Gasteiger charge is -2.15. The van der Waals surface area contributed by atoms with Crippen molar-refractivity contribution in [2.24, 2.45) is 0 Å². The molecule has 0 aromatic heterocycles. The van der Waals surface area contributed by atoms with Gasteiger partial charge in [-0.15, -0.1) is 0 Å². The number of hydrogen-bond donors (Lipinski definition) is 0. The zero-order chi connectivity index (χ0) is 11.0. The second kappa shape index (κ2) is 3.70. The lowest BCUT2D eigenvalue weighted by atomic mass is 10.2. The molecular weight excluding hydrogens is 206 g/mol. The van der Waals surface area contributed by atoms with Crippen LogP contribution in [0.3, 0.4) is 0 Å². The average Bonchev–Trinajstić information content (AvgIpc) is 2.88. The van der Waals surface area contributed by atoms with E-state index in [1.54, 1.807) is 0 Å². The van der Waals surface area contributed by atoms with Gasteiger partial charge in [-0.05, 0) is 24.1 Å². The van der Waals surface area contributed by atoms with Crippen LogP contribution in [0.5, 0.6) is 11.5 Å². The van der Waals surface area contributed by atoms with Crippen LogP contribution in [0, 0.1) is 0 Å². The fourth-order valence-electron chi connectivity index (χ4n) is 2.13. The summed E-state index contributed by atoms with van der Waals surface area (Å²) in [4.78, 5) is 13.4. The van der Waals surface area contributed by atoms with Gasteiger partial charge in [0, 0.05) is 19.5 Å². The molecule has 0 unspecified atom stereocenters. The molecule has 0 aliphatic carbocycles. The number of fused-ring (bicyclic) bond motifs is 1. The molecule has 0 bridgehead atoms. The fourth-order valence-corrected chi connectivity index (χ4v) is 2.13. The first kappa shape index (κ1) is 9.51. The van der Waals surface area contributed by atoms with E-state index in [1.165, 1.54) is 0 Å². The Balaban J connectivity index is 1.77. The van der Waals surface area contributed by atoms with E-state index >= 15 is 0 Å². The molecule has 0 N–H and O–H groups in total. The van der Waals surface area contributed by atoms with Crippen LogP contribution in [0.4, 0.5) is 0 Å². The zero-order valence-electron chi connectivity index (χ0n) is 8.94. The first-order chi connectivity index (χ1) is 7.83. The maximum atomic E-state index is 11.5. The van der Waals surface area contributed by atoms with Crippen molar-refractivity contribution in [3.63, 3.8) is 0 Å². The quantitative estimate of drug-likeness (QED) is 0.757. The summed E-state index contributed by atoms with van der Waals surface area (Å²) in [5.74, 6) is 1.82. The number of likely N-dealkylation sites (tertiary alicyclic amines) is 1. The monoisotopic (exact) mass is 219 g/mol. The van der Waals surface area contributed by atoms with Crippen LogP contribution in [0.1, 0.15) is 18.4 Å². The number of carbonyl (C=O) groups excluding carboxylic acids is 1. The highest BCUT2D eigenvalue weighted by Gasteiger charge is 2.21. The van der Waals surface area contributed by atoms with Crippen LogP contribution in [0.2, 0.25) is 0 Å². The summed E-state index contributed by atoms with van der Waals surface area (Å²) < 4.78 is 10.5. The molecule has 4 heteroatoms. The van der Waals surface area contributed by atoms with Crippen molar-refractivity contribution in [3.8, 4) is 11.5 Å². The van der Waals surface area contributed by atoms with Crippen molar-refractivity contribution >= 4 is 5.91 Å². The van der Waals surface area contributed by atoms with Crippen LogP contribution >= 0.6 is 0 Å². The molecule has 1 saturated heterocycles. The van der Waals surface area contributed by atoms with Gasteiger partial charge in [0.1, 0.15) is 0 Å². The SMILES string of the molecule is O=C1CCCN1Cc1ccc2c(c1)OCO2. The highest BCUT2D eigenvalue weighted by molar-refractivity contribution is 5.78. The van der Waals surface area contributed by atoms with Gasteiger partial charge in [-0.1, -0.05) is 6.07 Å². The van der Waals surface area contributed by atoms with E-state index in [4.69, 9.17) is 9.47 Å². The third-order valence-corrected chi connectivity index (χ3v) is 2.98. The van der Waals surface area contributed by atoms with Crippen molar-refractivity contribution in [1.82, 2.24) is 4.90 Å². The third kappa shape index (κ3) is 1.60. The number of ether oxygens (including phenoxy) is 2. The number of carbonyl (C=O) groups is 1. The predicted octanol–water partition coefficient (Wildman–Crippen LogP) is 1.54. The molecule has 16 heavy (non-hydrogen) atoms. The number of nitrogens with zero attached hydrogens (tertiary/aromatic N) is 1. The van der Waals surface area contributed by atoms with E-state index in [9.17, 15) is 4.79 Å². The molecular formula is C12H13NO3. The molecule has 2 aliphatic heterocycles. The Hall–Kier alpha value is -1.71. The van der Waals surface area contributed by atoms with Gasteiger partial charge in [-0.25, -0.2) is 0 Å². The maximum Gasteiger partial charge on any atom is 0.231 e. The predicted molar refractivity (Wildman–Crippen MR) is 57.2 cm³/mol. The first-order valence-corrected chi connectivity index (χ1v) is 5.49. The summed E-state index contributed by atoms with van der Waals surface area (Å²) in [5.41, 5.74) is 1.10. The molecule has 1 aromatic rings. The topological polar surface area (TPSA) is 38.8 Å². The molecule has 3 rings (SSSR count). The zero-order valence-corrected chi connectivity index (χ0v) is 8.94. The summed E-state index contributed by atoms with van der Waals surface area (Å²) in [5, 5.41) is 0. The Labute approximate surface area is 93.8 Å². The molecule has 0 atom stereocenters. The van der Waals surface area contributed by atoms with Crippen LogP contribution in [-0.4, -0.2) is 24.1 Å². The molecule has 84 valence electrons. The fraction of sp³-hybridized carbons (Fsp3) is 0.417. The second-order valence-corrected chi connectivity index (χ2v) is 4.11. The standard InChI is InChI=1S/C12H13NO3/c14-12-2-1-5-13(12)7-9-3-4-10-11(6-9)16-8-15-10/h3-4,6H,1-2,5,7-8H2. The lowest BCUT2D eigenvalue weighted by molar-refractivity contribution is -0.128. The van der Waals surface area contributed by atoms with E-state index in [2.05, 4.69) is 0 Å². The van der Waals surface area contributed by atoms with Crippen molar-refractivity contribution in [2.75, 3.05) is 13.3 Å². The van der Waals surface area contributed by atoms with Gasteiger partial charge in [0.05, 0.1) is 0 Å². The molecule has 4 nitrogen and oxygen atoms in total. The van der Waals surface area contributed by atoms with Crippen molar-refractivity contribution in [2.45, 2.75) is 19.4 Å². The molecule has 1 amide bonds. The van der Waals surface area contributed by atoms with Crippen LogP contribution < -0.4 is 9.47 Å². The molecule has 2 aliphatic rings. The molecule has 2 heterocycles. The maximum absolute atomic E-state index is 11.5. The third-order valence-electron chi connectivity index (χ3n) is 2.98. The Morgan fingerprint density at radius 3 is 2.94 bits per heavy atom. The van der Waals surface area contributed by atoms with E-state index in [0.29, 0.717) is 19.8 Å². The Bertz CT molecular complexity index is 430. The van der Waals surface area contributed by atoms with Gasteiger partial charge in [0.25, 0.3) is 0 Å². The smallest absolute Gasteiger partial charge is 0.231 e. The van der Waals surface area contributed by atoms with E-state index in [0.717, 1.165) is 30.0 Å². The molecule has 0 saturated carbocycles. The van der Waals surface area contributed by atoms with Gasteiger partial charge in [-0.2, -0.15) is 0 Å². The second-order valence-electron chi connectivity index (χ2n) is 4.11. The first-order valence-electron chi connectivity index (χ1n) is 5.49. The Morgan fingerprint density at radius 2 is 2.12 bits per heavy atom. The minimum Gasteiger partial charge on any atom is -0.454 e. The largest absolute Gasteiger partial charge is 0.454 e. The summed E-state index contributed by atoms with van der Waals surface area (Å²) >= 11 is 0. The number of amides is 1. The average molecular weight is 219 g/mol. The minimum absolute atomic E-state index is 0.248. The van der Waals surface area contributed by atoms with Gasteiger partial charge in [0.15, 0.2) is 11.5 Å². The van der Waals surface area contributed by atoms with Crippen molar-refractivity contribution in [1.29, 1.82) is 0 Å². The van der Waals surface area contributed by atoms with Gasteiger partial charge in [-0.3, -0.25) is 4.79 Å². The Kier molecular flexibility index (Phi) is 2.20. The number of hydrogen-bond acceptors (Lipinski definition) is 3. The van der Waals surface area contributed by atoms with Crippen LogP contribution in [-0.2, 0) is 11.3 Å². The van der Waals surface area contributed by atoms with E-state index in [-0.39, 0.29) is 5.91 Å². The van der Waals surface area contributed by atoms with Crippen molar-refractivity contribution in [3.05, 3.63) is 23.8 Å². The van der Waals surface area contributed by atoms with Gasteiger partial charge >= 0.3 is 0 Å². The van der Waals surface area contributed by atoms with Crippen LogP contribution in [0.15, 0.2) is 18.2 Å². The van der Waals surface area contributed by atoms with Crippen LogP contribution in [0.25, 0.3) is 0 Å². The highest BCUT2D eigenvalue weighted by atomic mass is 16.7. The van der Waals surface area contributed by atoms with E-state index in [1.807, 2.05) is 23.1 Å². The Morgan fingerprint density at radius 1 is 1.25 bits per heavy atom. The molecule has 1 fully saturated rings. The lowest BCUT2D eigenvalue weighted by Crippen LogP contribution is -2.23. The number of rotatable bonds is 2. The molecule has 1 aromatic carbocycles. The van der Waals surface area contributed by atoms with Gasteiger partial charge in [0.2, 0.25) is 12.7 Å². The van der Waals surface area contributed by atoms with Gasteiger partial charge < -0.3 is 14.4 Å².